The fraction of sp³-hybridized carbons (Fsp3) is 0.571. The van der Waals surface area contributed by atoms with Crippen LogP contribution in [0.3, 0.4) is 0 Å². The lowest BCUT2D eigenvalue weighted by atomic mass is 10.2. The van der Waals surface area contributed by atoms with Gasteiger partial charge in [-0.05, 0) is 12.8 Å². The number of hydrogen-bond donors (Lipinski definition) is 2. The molecule has 1 aliphatic rings. The van der Waals surface area contributed by atoms with Crippen LogP contribution in [0.25, 0.3) is 0 Å². The highest BCUT2D eigenvalue weighted by atomic mass is 16.2. The molecule has 21 heavy (non-hydrogen) atoms. The summed E-state index contributed by atoms with van der Waals surface area (Å²) in [6, 6.07) is 0. The lowest BCUT2D eigenvalue weighted by molar-refractivity contribution is -0.137. The maximum absolute atomic E-state index is 11.6. The van der Waals surface area contributed by atoms with Crippen LogP contribution in [0.2, 0.25) is 0 Å². The third-order valence-corrected chi connectivity index (χ3v) is 3.10. The van der Waals surface area contributed by atoms with E-state index in [2.05, 4.69) is 10.3 Å². The van der Waals surface area contributed by atoms with Gasteiger partial charge in [0, 0.05) is 38.2 Å². The van der Waals surface area contributed by atoms with Gasteiger partial charge in [0.25, 0.3) is 11.8 Å². The molecule has 0 aromatic heterocycles. The fourth-order valence-electron chi connectivity index (χ4n) is 1.94. The summed E-state index contributed by atoms with van der Waals surface area (Å²) in [5.74, 6) is -0.851. The van der Waals surface area contributed by atoms with Crippen molar-refractivity contribution in [2.75, 3.05) is 19.6 Å². The molecule has 116 valence electrons. The summed E-state index contributed by atoms with van der Waals surface area (Å²) in [4.78, 5) is 39.1. The SMILES string of the molecule is NC=NCCCCCCNC(=O)CCN1C(=O)C=CC1=O. The number of aliphatic imine (C=N–C) groups is 1. The predicted molar refractivity (Wildman–Crippen MR) is 79.5 cm³/mol. The van der Waals surface area contributed by atoms with E-state index < -0.39 is 0 Å². The van der Waals surface area contributed by atoms with E-state index in [1.54, 1.807) is 0 Å². The molecule has 3 N–H and O–H groups in total. The first kappa shape index (κ1) is 16.9. The Hall–Kier alpha value is -2.18. The van der Waals surface area contributed by atoms with Gasteiger partial charge < -0.3 is 11.1 Å². The second kappa shape index (κ2) is 9.68. The van der Waals surface area contributed by atoms with Gasteiger partial charge in [0.15, 0.2) is 0 Å². The van der Waals surface area contributed by atoms with Crippen LogP contribution < -0.4 is 11.1 Å². The van der Waals surface area contributed by atoms with E-state index in [0.717, 1.165) is 37.1 Å². The molecule has 0 aromatic rings. The first-order valence-corrected chi connectivity index (χ1v) is 7.15. The van der Waals surface area contributed by atoms with Gasteiger partial charge in [0.05, 0.1) is 6.34 Å². The highest BCUT2D eigenvalue weighted by Crippen LogP contribution is 2.04. The standard InChI is InChI=1S/C14H22N4O3/c15-11-16-8-3-1-2-4-9-17-12(19)7-10-18-13(20)5-6-14(18)21/h5-6,11H,1-4,7-10H2,(H2,15,16)(H,17,19). The van der Waals surface area contributed by atoms with Crippen LogP contribution in [-0.2, 0) is 14.4 Å². The van der Waals surface area contributed by atoms with Crippen molar-refractivity contribution in [3.8, 4) is 0 Å². The van der Waals surface area contributed by atoms with Crippen molar-refractivity contribution in [1.29, 1.82) is 0 Å². The molecular weight excluding hydrogens is 272 g/mol. The number of nitrogens with one attached hydrogen (secondary N) is 1. The summed E-state index contributed by atoms with van der Waals surface area (Å²) in [7, 11) is 0. The molecule has 7 heteroatoms. The van der Waals surface area contributed by atoms with Crippen molar-refractivity contribution in [2.45, 2.75) is 32.1 Å². The normalized spacial score (nSPS) is 14.4. The lowest BCUT2D eigenvalue weighted by Gasteiger charge is -2.13. The Balaban J connectivity index is 1.99. The van der Waals surface area contributed by atoms with Crippen LogP contribution in [0.5, 0.6) is 0 Å². The van der Waals surface area contributed by atoms with Crippen molar-refractivity contribution in [3.63, 3.8) is 0 Å². The highest BCUT2D eigenvalue weighted by molar-refractivity contribution is 6.13. The molecule has 0 saturated carbocycles. The van der Waals surface area contributed by atoms with E-state index in [1.807, 2.05) is 0 Å². The second-order valence-corrected chi connectivity index (χ2v) is 4.73. The molecule has 1 rings (SSSR count). The zero-order valence-electron chi connectivity index (χ0n) is 12.1. The smallest absolute Gasteiger partial charge is 0.253 e. The van der Waals surface area contributed by atoms with Gasteiger partial charge in [-0.15, -0.1) is 0 Å². The Morgan fingerprint density at radius 1 is 1.19 bits per heavy atom. The molecular formula is C14H22N4O3. The number of amides is 3. The van der Waals surface area contributed by atoms with Gasteiger partial charge >= 0.3 is 0 Å². The fourth-order valence-corrected chi connectivity index (χ4v) is 1.94. The van der Waals surface area contributed by atoms with Gasteiger partial charge in [0.1, 0.15) is 0 Å². The number of rotatable bonds is 10. The van der Waals surface area contributed by atoms with Gasteiger partial charge in [0.2, 0.25) is 5.91 Å². The van der Waals surface area contributed by atoms with Crippen molar-refractivity contribution in [3.05, 3.63) is 12.2 Å². The topological polar surface area (TPSA) is 105 Å². The van der Waals surface area contributed by atoms with E-state index in [-0.39, 0.29) is 30.7 Å². The molecule has 0 aromatic carbocycles. The van der Waals surface area contributed by atoms with Crippen molar-refractivity contribution < 1.29 is 14.4 Å². The minimum absolute atomic E-state index is 0.133. The highest BCUT2D eigenvalue weighted by Gasteiger charge is 2.23. The Morgan fingerprint density at radius 3 is 2.52 bits per heavy atom. The van der Waals surface area contributed by atoms with E-state index in [9.17, 15) is 14.4 Å². The number of carbonyl (C=O) groups is 3. The van der Waals surface area contributed by atoms with E-state index in [0.29, 0.717) is 6.54 Å². The summed E-state index contributed by atoms with van der Waals surface area (Å²) in [6.45, 7) is 1.49. The van der Waals surface area contributed by atoms with Crippen LogP contribution in [0.15, 0.2) is 17.1 Å². The van der Waals surface area contributed by atoms with Gasteiger partial charge in [-0.3, -0.25) is 24.3 Å². The molecule has 0 atom stereocenters. The molecule has 1 heterocycles. The second-order valence-electron chi connectivity index (χ2n) is 4.73. The van der Waals surface area contributed by atoms with Gasteiger partial charge in [-0.2, -0.15) is 0 Å². The number of nitrogens with two attached hydrogens (primary N) is 1. The summed E-state index contributed by atoms with van der Waals surface area (Å²) in [5, 5.41) is 2.78. The van der Waals surface area contributed by atoms with E-state index in [4.69, 9.17) is 5.73 Å². The minimum atomic E-state index is -0.354. The van der Waals surface area contributed by atoms with E-state index in [1.165, 1.54) is 18.5 Å². The molecule has 0 spiro atoms. The first-order valence-electron chi connectivity index (χ1n) is 7.15. The molecule has 0 fully saturated rings. The third kappa shape index (κ3) is 6.69. The van der Waals surface area contributed by atoms with Gasteiger partial charge in [-0.25, -0.2) is 0 Å². The maximum Gasteiger partial charge on any atom is 0.253 e. The zero-order valence-corrected chi connectivity index (χ0v) is 12.1. The molecule has 0 aliphatic carbocycles. The maximum atomic E-state index is 11.6. The Morgan fingerprint density at radius 2 is 1.86 bits per heavy atom. The van der Waals surface area contributed by atoms with Crippen LogP contribution >= 0.6 is 0 Å². The monoisotopic (exact) mass is 294 g/mol. The van der Waals surface area contributed by atoms with Crippen LogP contribution in [0, 0.1) is 0 Å². The van der Waals surface area contributed by atoms with E-state index >= 15 is 0 Å². The summed E-state index contributed by atoms with van der Waals surface area (Å²) in [5.41, 5.74) is 5.13. The quantitative estimate of drug-likeness (QED) is 0.255. The minimum Gasteiger partial charge on any atom is -0.390 e. The number of carbonyl (C=O) groups excluding carboxylic acids is 3. The number of unbranched alkanes of at least 4 members (excludes halogenated alkanes) is 3. The van der Waals surface area contributed by atoms with Crippen molar-refractivity contribution in [1.82, 2.24) is 10.2 Å². The largest absolute Gasteiger partial charge is 0.390 e. The Labute approximate surface area is 124 Å². The summed E-state index contributed by atoms with van der Waals surface area (Å²) in [6.07, 6.45) is 7.86. The van der Waals surface area contributed by atoms with Crippen LogP contribution in [0.4, 0.5) is 0 Å². The zero-order chi connectivity index (χ0) is 15.5. The lowest BCUT2D eigenvalue weighted by Crippen LogP contribution is -2.34. The number of imide groups is 1. The predicted octanol–water partition coefficient (Wildman–Crippen LogP) is -0.0349. The van der Waals surface area contributed by atoms with Gasteiger partial charge in [-0.1, -0.05) is 12.8 Å². The van der Waals surface area contributed by atoms with Crippen molar-refractivity contribution >= 4 is 24.1 Å². The van der Waals surface area contributed by atoms with Crippen molar-refractivity contribution in [2.24, 2.45) is 10.7 Å². The Kier molecular flexibility index (Phi) is 7.78. The van der Waals surface area contributed by atoms with Crippen LogP contribution in [-0.4, -0.2) is 48.6 Å². The average Bonchev–Trinajstić information content (AvgIpc) is 2.78. The molecule has 0 bridgehead atoms. The summed E-state index contributed by atoms with van der Waals surface area (Å²) >= 11 is 0. The molecule has 1 aliphatic heterocycles. The average molecular weight is 294 g/mol. The molecule has 0 radical (unpaired) electrons. The number of nitrogens with zero attached hydrogens (tertiary/aromatic N) is 2. The molecule has 0 saturated heterocycles. The summed E-state index contributed by atoms with van der Waals surface area (Å²) < 4.78 is 0. The van der Waals surface area contributed by atoms with Crippen LogP contribution in [0.1, 0.15) is 32.1 Å². The molecule has 3 amide bonds. The first-order chi connectivity index (χ1) is 10.1. The third-order valence-electron chi connectivity index (χ3n) is 3.10. The Bertz CT molecular complexity index is 414. The molecule has 0 unspecified atom stereocenters. The molecule has 7 nitrogen and oxygen atoms in total. The number of hydrogen-bond acceptors (Lipinski definition) is 4.